The molecule has 0 unspecified atom stereocenters. The summed E-state index contributed by atoms with van der Waals surface area (Å²) in [6, 6.07) is 0. The Kier molecular flexibility index (Phi) is 8.55. The molecule has 0 heterocycles. The molecule has 0 atom stereocenters. The maximum atomic E-state index is 9.38. The van der Waals surface area contributed by atoms with E-state index in [1.165, 1.54) is 0 Å². The van der Waals surface area contributed by atoms with Crippen LogP contribution in [0.4, 0.5) is 4.79 Å². The first-order valence-electron chi connectivity index (χ1n) is 1.63. The topological polar surface area (TPSA) is 46.5 Å². The molecule has 0 aromatic rings. The molecule has 0 spiro atoms. The average Bonchev–Trinajstić information content (AvgIpc) is 1.35. The molecule has 4 heteroatoms. The molecule has 0 aromatic carbocycles. The summed E-state index contributed by atoms with van der Waals surface area (Å²) < 4.78 is 3.96. The van der Waals surface area contributed by atoms with Crippen LogP contribution in [-0.4, -0.2) is 17.9 Å². The van der Waals surface area contributed by atoms with Gasteiger partial charge in [-0.15, -0.1) is 0 Å². The van der Waals surface area contributed by atoms with E-state index in [1.54, 1.807) is 6.92 Å². The third-order valence-electron chi connectivity index (χ3n) is 0.268. The summed E-state index contributed by atoms with van der Waals surface area (Å²) in [5, 5.41) is 7.69. The smallest absolute Gasteiger partial charge is 0.450 e. The summed E-state index contributed by atoms with van der Waals surface area (Å²) in [6.45, 7) is 1.85. The second-order valence-electron chi connectivity index (χ2n) is 0.699. The molecular weight excluding hydrogens is 268 g/mol. The third kappa shape index (κ3) is 10.7. The Bertz CT molecular complexity index is 54.1. The number of carbonyl (C=O) groups is 1. The van der Waals surface area contributed by atoms with E-state index in [0.29, 0.717) is 0 Å². The van der Waals surface area contributed by atoms with E-state index in [1.807, 2.05) is 0 Å². The second-order valence-corrected chi connectivity index (χ2v) is 0.699. The molecule has 0 aliphatic heterocycles. The molecule has 0 aliphatic rings. The first-order chi connectivity index (χ1) is 2.77. The van der Waals surface area contributed by atoms with Gasteiger partial charge < -0.3 is 9.84 Å². The SMILES string of the molecule is CCOC(=O)O.[W]. The standard InChI is InChI=1S/C3H6O3.W/c1-2-6-3(4)5;/h2H2,1H3,(H,4,5);. The van der Waals surface area contributed by atoms with Crippen LogP contribution in [0.2, 0.25) is 0 Å². The van der Waals surface area contributed by atoms with Crippen molar-refractivity contribution in [3.8, 4) is 0 Å². The number of ether oxygens (including phenoxy) is 1. The Labute approximate surface area is 55.9 Å². The summed E-state index contributed by atoms with van der Waals surface area (Å²) in [5.41, 5.74) is 0. The Morgan fingerprint density at radius 3 is 2.29 bits per heavy atom. The van der Waals surface area contributed by atoms with Crippen molar-refractivity contribution in [3.63, 3.8) is 0 Å². The zero-order valence-electron chi connectivity index (χ0n) is 3.88. The van der Waals surface area contributed by atoms with Gasteiger partial charge in [0.2, 0.25) is 0 Å². The monoisotopic (exact) mass is 274 g/mol. The molecule has 3 nitrogen and oxygen atoms in total. The summed E-state index contributed by atoms with van der Waals surface area (Å²) in [6.07, 6.45) is -1.21. The molecule has 42 valence electrons. The van der Waals surface area contributed by atoms with E-state index in [0.717, 1.165) is 0 Å². The van der Waals surface area contributed by atoms with Crippen molar-refractivity contribution in [1.82, 2.24) is 0 Å². The minimum absolute atomic E-state index is 0. The van der Waals surface area contributed by atoms with Gasteiger partial charge in [0.1, 0.15) is 0 Å². The fourth-order valence-corrected chi connectivity index (χ4v) is 0.123. The van der Waals surface area contributed by atoms with E-state index in [4.69, 9.17) is 5.11 Å². The van der Waals surface area contributed by atoms with Crippen LogP contribution in [0, 0.1) is 0 Å². The number of hydrogen-bond acceptors (Lipinski definition) is 2. The minimum Gasteiger partial charge on any atom is -0.450 e. The molecule has 0 bridgehead atoms. The zero-order chi connectivity index (χ0) is 4.99. The summed E-state index contributed by atoms with van der Waals surface area (Å²) in [5.74, 6) is 0. The molecule has 1 N–H and O–H groups in total. The quantitative estimate of drug-likeness (QED) is 0.716. The summed E-state index contributed by atoms with van der Waals surface area (Å²) in [4.78, 5) is 9.38. The summed E-state index contributed by atoms with van der Waals surface area (Å²) >= 11 is 0. The molecule has 0 radical (unpaired) electrons. The predicted molar refractivity (Wildman–Crippen MR) is 19.7 cm³/mol. The van der Waals surface area contributed by atoms with Crippen LogP contribution in [0.15, 0.2) is 0 Å². The molecule has 0 aromatic heterocycles. The van der Waals surface area contributed by atoms with Crippen molar-refractivity contribution >= 4 is 6.16 Å². The van der Waals surface area contributed by atoms with Crippen LogP contribution >= 0.6 is 0 Å². The molecule has 0 amide bonds. The van der Waals surface area contributed by atoms with Crippen molar-refractivity contribution in [3.05, 3.63) is 0 Å². The normalized spacial score (nSPS) is 6.43. The van der Waals surface area contributed by atoms with Crippen molar-refractivity contribution < 1.29 is 35.7 Å². The molecule has 0 saturated heterocycles. The van der Waals surface area contributed by atoms with Gasteiger partial charge in [0.25, 0.3) is 0 Å². The predicted octanol–water partition coefficient (Wildman–Crippen LogP) is 0.698. The van der Waals surface area contributed by atoms with Gasteiger partial charge in [-0.3, -0.25) is 0 Å². The van der Waals surface area contributed by atoms with E-state index in [-0.39, 0.29) is 27.7 Å². The molecule has 0 aliphatic carbocycles. The average molecular weight is 274 g/mol. The first-order valence-corrected chi connectivity index (χ1v) is 1.63. The maximum absolute atomic E-state index is 9.38. The van der Waals surface area contributed by atoms with Crippen LogP contribution in [0.3, 0.4) is 0 Å². The Morgan fingerprint density at radius 1 is 1.86 bits per heavy atom. The maximum Gasteiger partial charge on any atom is 0.505 e. The third-order valence-corrected chi connectivity index (χ3v) is 0.268. The van der Waals surface area contributed by atoms with Crippen molar-refractivity contribution in [1.29, 1.82) is 0 Å². The molecule has 0 rings (SSSR count). The van der Waals surface area contributed by atoms with Crippen LogP contribution in [-0.2, 0) is 25.8 Å². The second kappa shape index (κ2) is 5.96. The van der Waals surface area contributed by atoms with Crippen LogP contribution < -0.4 is 0 Å². The Hall–Kier alpha value is -0.0417. The number of hydrogen-bond donors (Lipinski definition) is 1. The van der Waals surface area contributed by atoms with E-state index in [9.17, 15) is 4.79 Å². The van der Waals surface area contributed by atoms with Crippen LogP contribution in [0.5, 0.6) is 0 Å². The van der Waals surface area contributed by atoms with Gasteiger partial charge in [0.05, 0.1) is 6.61 Å². The van der Waals surface area contributed by atoms with Gasteiger partial charge in [0.15, 0.2) is 0 Å². The van der Waals surface area contributed by atoms with E-state index >= 15 is 0 Å². The van der Waals surface area contributed by atoms with Gasteiger partial charge >= 0.3 is 6.16 Å². The fraction of sp³-hybridized carbons (Fsp3) is 0.667. The first kappa shape index (κ1) is 10.0. The van der Waals surface area contributed by atoms with Gasteiger partial charge in [-0.25, -0.2) is 4.79 Å². The fourth-order valence-electron chi connectivity index (χ4n) is 0.123. The molecule has 7 heavy (non-hydrogen) atoms. The minimum atomic E-state index is -1.21. The van der Waals surface area contributed by atoms with Crippen molar-refractivity contribution in [2.45, 2.75) is 6.92 Å². The largest absolute Gasteiger partial charge is 0.505 e. The van der Waals surface area contributed by atoms with Gasteiger partial charge in [0, 0.05) is 21.1 Å². The molecule has 0 fully saturated rings. The van der Waals surface area contributed by atoms with Gasteiger partial charge in [-0.05, 0) is 6.92 Å². The number of carboxylic acid groups (broad SMARTS) is 1. The molecular formula is C3H6O3W. The summed E-state index contributed by atoms with van der Waals surface area (Å²) in [7, 11) is 0. The van der Waals surface area contributed by atoms with Crippen LogP contribution in [0.25, 0.3) is 0 Å². The number of rotatable bonds is 1. The van der Waals surface area contributed by atoms with E-state index < -0.39 is 6.16 Å². The van der Waals surface area contributed by atoms with Crippen molar-refractivity contribution in [2.75, 3.05) is 6.61 Å². The van der Waals surface area contributed by atoms with Gasteiger partial charge in [-0.1, -0.05) is 0 Å². The zero-order valence-corrected chi connectivity index (χ0v) is 6.81. The Morgan fingerprint density at radius 2 is 2.29 bits per heavy atom. The van der Waals surface area contributed by atoms with E-state index in [2.05, 4.69) is 4.74 Å². The molecule has 0 saturated carbocycles. The van der Waals surface area contributed by atoms with Gasteiger partial charge in [-0.2, -0.15) is 0 Å². The van der Waals surface area contributed by atoms with Crippen LogP contribution in [0.1, 0.15) is 6.92 Å². The Balaban J connectivity index is 0. The van der Waals surface area contributed by atoms with Crippen molar-refractivity contribution in [2.24, 2.45) is 0 Å².